The molecular formula is C13H11N3O2S. The topological polar surface area (TPSA) is 88.8 Å². The smallest absolute Gasteiger partial charge is 0.254 e. The van der Waals surface area contributed by atoms with Gasteiger partial charge in [-0.3, -0.25) is 4.98 Å². The molecule has 0 radical (unpaired) electrons. The van der Waals surface area contributed by atoms with Crippen LogP contribution < -0.4 is 5.14 Å². The Morgan fingerprint density at radius 3 is 2.47 bits per heavy atom. The first-order chi connectivity index (χ1) is 9.07. The van der Waals surface area contributed by atoms with Gasteiger partial charge in [0, 0.05) is 22.7 Å². The molecule has 0 atom stereocenters. The predicted octanol–water partition coefficient (Wildman–Crippen LogP) is 1.88. The average molecular weight is 273 g/mol. The van der Waals surface area contributed by atoms with Gasteiger partial charge in [-0.25, -0.2) is 13.6 Å². The third kappa shape index (κ3) is 2.00. The number of nitrogens with two attached hydrogens (primary N) is 1. The van der Waals surface area contributed by atoms with E-state index in [9.17, 15) is 8.42 Å². The monoisotopic (exact) mass is 273 g/mol. The largest absolute Gasteiger partial charge is 0.344 e. The summed E-state index contributed by atoms with van der Waals surface area (Å²) in [7, 11) is -3.84. The molecule has 3 rings (SSSR count). The van der Waals surface area contributed by atoms with Gasteiger partial charge in [-0.05, 0) is 18.2 Å². The molecule has 2 aromatic heterocycles. The van der Waals surface area contributed by atoms with E-state index < -0.39 is 10.0 Å². The lowest BCUT2D eigenvalue weighted by Gasteiger charge is -2.01. The quantitative estimate of drug-likeness (QED) is 0.747. The normalized spacial score (nSPS) is 11.8. The fraction of sp³-hybridized carbons (Fsp3) is 0. The first kappa shape index (κ1) is 11.9. The number of aromatic amines is 1. The van der Waals surface area contributed by atoms with Crippen LogP contribution in [0, 0.1) is 0 Å². The van der Waals surface area contributed by atoms with Crippen LogP contribution in [0.15, 0.2) is 53.7 Å². The zero-order chi connectivity index (χ0) is 13.5. The summed E-state index contributed by atoms with van der Waals surface area (Å²) in [6.07, 6.45) is 1.62. The zero-order valence-electron chi connectivity index (χ0n) is 9.87. The molecule has 0 aliphatic heterocycles. The molecule has 6 heteroatoms. The number of aromatic nitrogens is 2. The van der Waals surface area contributed by atoms with Gasteiger partial charge >= 0.3 is 0 Å². The summed E-state index contributed by atoms with van der Waals surface area (Å²) >= 11 is 0. The molecule has 96 valence electrons. The van der Waals surface area contributed by atoms with Gasteiger partial charge < -0.3 is 4.98 Å². The van der Waals surface area contributed by atoms with Crippen LogP contribution in [0.1, 0.15) is 0 Å². The second kappa shape index (κ2) is 4.18. The lowest BCUT2D eigenvalue weighted by atomic mass is 10.1. The minimum absolute atomic E-state index is 0.00704. The van der Waals surface area contributed by atoms with Gasteiger partial charge in [-0.2, -0.15) is 0 Å². The van der Waals surface area contributed by atoms with E-state index in [1.807, 2.05) is 18.2 Å². The molecule has 3 aromatic rings. The van der Waals surface area contributed by atoms with Crippen LogP contribution in [0.2, 0.25) is 0 Å². The van der Waals surface area contributed by atoms with Crippen molar-refractivity contribution in [2.75, 3.05) is 0 Å². The van der Waals surface area contributed by atoms with Gasteiger partial charge in [0.2, 0.25) is 0 Å². The van der Waals surface area contributed by atoms with E-state index in [2.05, 4.69) is 9.97 Å². The number of pyridine rings is 1. The molecule has 19 heavy (non-hydrogen) atoms. The summed E-state index contributed by atoms with van der Waals surface area (Å²) in [5, 5.41) is 6.05. The second-order valence-corrected chi connectivity index (χ2v) is 5.63. The number of nitrogens with one attached hydrogen (secondary N) is 1. The molecule has 3 N–H and O–H groups in total. The van der Waals surface area contributed by atoms with Crippen molar-refractivity contribution in [3.05, 3.63) is 48.7 Å². The van der Waals surface area contributed by atoms with Crippen LogP contribution in [0.4, 0.5) is 0 Å². The van der Waals surface area contributed by atoms with Crippen molar-refractivity contribution >= 4 is 20.9 Å². The van der Waals surface area contributed by atoms with Crippen LogP contribution >= 0.6 is 0 Å². The number of rotatable bonds is 2. The molecule has 0 saturated heterocycles. The Hall–Kier alpha value is -2.18. The minimum Gasteiger partial charge on any atom is -0.344 e. The molecule has 5 nitrogen and oxygen atoms in total. The van der Waals surface area contributed by atoms with E-state index in [4.69, 9.17) is 5.14 Å². The molecule has 0 amide bonds. The number of H-pyrrole nitrogens is 1. The van der Waals surface area contributed by atoms with Crippen LogP contribution in [-0.2, 0) is 10.0 Å². The Balaban J connectivity index is 2.45. The van der Waals surface area contributed by atoms with Crippen molar-refractivity contribution in [2.24, 2.45) is 5.14 Å². The van der Waals surface area contributed by atoms with Crippen LogP contribution in [0.3, 0.4) is 0 Å². The average Bonchev–Trinajstić information content (AvgIpc) is 2.79. The molecule has 0 spiro atoms. The highest BCUT2D eigenvalue weighted by molar-refractivity contribution is 7.89. The van der Waals surface area contributed by atoms with Gasteiger partial charge in [0.1, 0.15) is 0 Å². The molecular weight excluding hydrogens is 262 g/mol. The van der Waals surface area contributed by atoms with E-state index >= 15 is 0 Å². The molecule has 0 unspecified atom stereocenters. The third-order valence-corrected chi connectivity index (χ3v) is 3.75. The van der Waals surface area contributed by atoms with Crippen LogP contribution in [0.25, 0.3) is 22.2 Å². The fourth-order valence-electron chi connectivity index (χ4n) is 2.10. The van der Waals surface area contributed by atoms with Gasteiger partial charge in [0.15, 0.2) is 5.03 Å². The van der Waals surface area contributed by atoms with Gasteiger partial charge in [-0.15, -0.1) is 0 Å². The van der Waals surface area contributed by atoms with Crippen molar-refractivity contribution in [3.63, 3.8) is 0 Å². The van der Waals surface area contributed by atoms with Crippen molar-refractivity contribution in [3.8, 4) is 11.3 Å². The van der Waals surface area contributed by atoms with Crippen molar-refractivity contribution < 1.29 is 8.42 Å². The zero-order valence-corrected chi connectivity index (χ0v) is 10.7. The highest BCUT2D eigenvalue weighted by Gasteiger charge is 2.21. The molecule has 0 aliphatic carbocycles. The maximum absolute atomic E-state index is 11.7. The molecule has 0 aliphatic rings. The number of para-hydroxylation sites is 1. The van der Waals surface area contributed by atoms with Crippen LogP contribution in [-0.4, -0.2) is 18.4 Å². The van der Waals surface area contributed by atoms with Crippen molar-refractivity contribution in [2.45, 2.75) is 5.03 Å². The second-order valence-electron chi connectivity index (χ2n) is 4.13. The number of nitrogens with zero attached hydrogens (tertiary/aromatic N) is 1. The maximum atomic E-state index is 11.7. The summed E-state index contributed by atoms with van der Waals surface area (Å²) in [6.45, 7) is 0. The SMILES string of the molecule is NS(=O)(=O)c1[nH]c2ccccc2c1-c1ccccn1. The summed E-state index contributed by atoms with van der Waals surface area (Å²) in [4.78, 5) is 7.06. The lowest BCUT2D eigenvalue weighted by molar-refractivity contribution is 0.595. The first-order valence-corrected chi connectivity index (χ1v) is 7.17. The van der Waals surface area contributed by atoms with Gasteiger partial charge in [0.25, 0.3) is 10.0 Å². The first-order valence-electron chi connectivity index (χ1n) is 5.62. The standard InChI is InChI=1S/C13H11N3O2S/c14-19(17,18)13-12(11-7-3-4-8-15-11)9-5-1-2-6-10(9)16-13/h1-8,16H,(H2,14,17,18). The predicted molar refractivity (Wildman–Crippen MR) is 72.9 cm³/mol. The Labute approximate surface area is 110 Å². The van der Waals surface area contributed by atoms with E-state index in [-0.39, 0.29) is 5.03 Å². The summed E-state index contributed by atoms with van der Waals surface area (Å²) < 4.78 is 23.4. The van der Waals surface area contributed by atoms with Gasteiger partial charge in [-0.1, -0.05) is 24.3 Å². The van der Waals surface area contributed by atoms with E-state index in [1.54, 1.807) is 30.5 Å². The molecule has 1 aromatic carbocycles. The lowest BCUT2D eigenvalue weighted by Crippen LogP contribution is -2.13. The van der Waals surface area contributed by atoms with Gasteiger partial charge in [0.05, 0.1) is 5.69 Å². The van der Waals surface area contributed by atoms with Crippen molar-refractivity contribution in [1.82, 2.24) is 9.97 Å². The highest BCUT2D eigenvalue weighted by Crippen LogP contribution is 2.32. The number of sulfonamides is 1. The summed E-state index contributed by atoms with van der Waals surface area (Å²) in [6, 6.07) is 12.6. The third-order valence-electron chi connectivity index (χ3n) is 2.88. The molecule has 0 fully saturated rings. The van der Waals surface area contributed by atoms with E-state index in [0.29, 0.717) is 16.8 Å². The number of hydrogen-bond donors (Lipinski definition) is 2. The Bertz CT molecular complexity index is 839. The fourth-order valence-corrected chi connectivity index (χ4v) is 2.85. The molecule has 0 saturated carbocycles. The number of primary sulfonamides is 1. The number of hydrogen-bond acceptors (Lipinski definition) is 3. The maximum Gasteiger partial charge on any atom is 0.254 e. The summed E-state index contributed by atoms with van der Waals surface area (Å²) in [5.74, 6) is 0. The van der Waals surface area contributed by atoms with Crippen molar-refractivity contribution in [1.29, 1.82) is 0 Å². The highest BCUT2D eigenvalue weighted by atomic mass is 32.2. The van der Waals surface area contributed by atoms with E-state index in [0.717, 1.165) is 5.39 Å². The number of benzene rings is 1. The van der Waals surface area contributed by atoms with Crippen LogP contribution in [0.5, 0.6) is 0 Å². The molecule has 0 bridgehead atoms. The Morgan fingerprint density at radius 2 is 1.79 bits per heavy atom. The van der Waals surface area contributed by atoms with E-state index in [1.165, 1.54) is 0 Å². The Kier molecular flexibility index (Phi) is 2.62. The summed E-state index contributed by atoms with van der Waals surface area (Å²) in [5.41, 5.74) is 1.80. The molecule has 2 heterocycles. The minimum atomic E-state index is -3.84. The number of fused-ring (bicyclic) bond motifs is 1. The Morgan fingerprint density at radius 1 is 1.05 bits per heavy atom.